The van der Waals surface area contributed by atoms with Gasteiger partial charge in [-0.05, 0) is 13.3 Å². The highest BCUT2D eigenvalue weighted by atomic mass is 16.3. The van der Waals surface area contributed by atoms with Gasteiger partial charge in [0.2, 0.25) is 0 Å². The van der Waals surface area contributed by atoms with E-state index in [1.54, 1.807) is 6.92 Å². The molecule has 1 rings (SSSR count). The van der Waals surface area contributed by atoms with Gasteiger partial charge in [-0.2, -0.15) is 0 Å². The molecule has 106 valence electrons. The van der Waals surface area contributed by atoms with Crippen molar-refractivity contribution in [3.63, 3.8) is 0 Å². The molecule has 2 atom stereocenters. The summed E-state index contributed by atoms with van der Waals surface area (Å²) in [7, 11) is 0. The average Bonchev–Trinajstić information content (AvgIpc) is 2.43. The quantitative estimate of drug-likeness (QED) is 0.562. The highest BCUT2D eigenvalue weighted by Crippen LogP contribution is 2.27. The van der Waals surface area contributed by atoms with Crippen LogP contribution in [-0.2, 0) is 0 Å². The first-order valence-electron chi connectivity index (χ1n) is 7.30. The molecule has 0 spiro atoms. The molecule has 0 heterocycles. The lowest BCUT2D eigenvalue weighted by Crippen LogP contribution is -2.37. The van der Waals surface area contributed by atoms with Crippen molar-refractivity contribution in [1.82, 2.24) is 0 Å². The molecule has 19 heavy (non-hydrogen) atoms. The Hall–Kier alpha value is -1.15. The summed E-state index contributed by atoms with van der Waals surface area (Å²) in [6, 6.07) is 9.23. The molecule has 0 radical (unpaired) electrons. The molecule has 0 saturated carbocycles. The second kappa shape index (κ2) is 7.44. The highest BCUT2D eigenvalue weighted by Gasteiger charge is 2.33. The van der Waals surface area contributed by atoms with Gasteiger partial charge in [-0.25, -0.2) is 0 Å². The number of benzene rings is 1. The summed E-state index contributed by atoms with van der Waals surface area (Å²) in [5, 5.41) is 10.5. The van der Waals surface area contributed by atoms with E-state index in [4.69, 9.17) is 0 Å². The van der Waals surface area contributed by atoms with Crippen LogP contribution in [0, 0.1) is 5.92 Å². The third-order valence-corrected chi connectivity index (χ3v) is 3.92. The first kappa shape index (κ1) is 15.9. The average molecular weight is 262 g/mol. The lowest BCUT2D eigenvalue weighted by Gasteiger charge is -2.29. The third kappa shape index (κ3) is 4.79. The summed E-state index contributed by atoms with van der Waals surface area (Å²) in [5.74, 6) is -0.336. The third-order valence-electron chi connectivity index (χ3n) is 3.92. The Morgan fingerprint density at radius 2 is 1.84 bits per heavy atom. The monoisotopic (exact) mass is 262 g/mol. The number of carbonyl (C=O) groups is 1. The molecular weight excluding hydrogens is 236 g/mol. The molecule has 2 unspecified atom stereocenters. The predicted octanol–water partition coefficient (Wildman–Crippen LogP) is 4.23. The molecule has 0 saturated heterocycles. The zero-order valence-corrected chi connectivity index (χ0v) is 12.4. The Morgan fingerprint density at radius 3 is 2.42 bits per heavy atom. The van der Waals surface area contributed by atoms with Crippen molar-refractivity contribution in [2.75, 3.05) is 0 Å². The van der Waals surface area contributed by atoms with Crippen molar-refractivity contribution in [1.29, 1.82) is 0 Å². The Morgan fingerprint density at radius 1 is 1.21 bits per heavy atom. The summed E-state index contributed by atoms with van der Waals surface area (Å²) >= 11 is 0. The Balaban J connectivity index is 2.59. The maximum Gasteiger partial charge on any atom is 0.168 e. The largest absolute Gasteiger partial charge is 0.389 e. The minimum absolute atomic E-state index is 0.0288. The van der Waals surface area contributed by atoms with Gasteiger partial charge in [0.25, 0.3) is 0 Å². The van der Waals surface area contributed by atoms with Crippen molar-refractivity contribution >= 4 is 5.78 Å². The van der Waals surface area contributed by atoms with Gasteiger partial charge in [0.05, 0.1) is 5.60 Å². The van der Waals surface area contributed by atoms with Crippen LogP contribution in [0.15, 0.2) is 30.3 Å². The van der Waals surface area contributed by atoms with E-state index < -0.39 is 5.60 Å². The van der Waals surface area contributed by atoms with Gasteiger partial charge < -0.3 is 5.11 Å². The van der Waals surface area contributed by atoms with Crippen LogP contribution in [0.25, 0.3) is 0 Å². The summed E-state index contributed by atoms with van der Waals surface area (Å²) < 4.78 is 0. The number of hydrogen-bond donors (Lipinski definition) is 1. The summed E-state index contributed by atoms with van der Waals surface area (Å²) in [6.45, 7) is 5.78. The summed E-state index contributed by atoms with van der Waals surface area (Å²) in [6.07, 6.45) is 5.16. The van der Waals surface area contributed by atoms with Gasteiger partial charge in [0, 0.05) is 11.5 Å². The maximum atomic E-state index is 12.3. The molecule has 2 nitrogen and oxygen atoms in total. The SMILES string of the molecule is CCCCCCC(C)(O)C(C)C(=O)c1ccccc1. The van der Waals surface area contributed by atoms with Crippen molar-refractivity contribution in [3.8, 4) is 0 Å². The fraction of sp³-hybridized carbons (Fsp3) is 0.588. The van der Waals surface area contributed by atoms with Crippen molar-refractivity contribution in [2.45, 2.75) is 58.5 Å². The van der Waals surface area contributed by atoms with Gasteiger partial charge in [0.15, 0.2) is 5.78 Å². The predicted molar refractivity (Wildman–Crippen MR) is 79.3 cm³/mol. The minimum atomic E-state index is -0.916. The van der Waals surface area contributed by atoms with Gasteiger partial charge in [-0.15, -0.1) is 0 Å². The Labute approximate surface area is 116 Å². The topological polar surface area (TPSA) is 37.3 Å². The van der Waals surface area contributed by atoms with E-state index in [1.165, 1.54) is 12.8 Å². The lowest BCUT2D eigenvalue weighted by atomic mass is 9.81. The normalized spacial score (nSPS) is 15.8. The van der Waals surface area contributed by atoms with E-state index in [9.17, 15) is 9.90 Å². The second-order valence-electron chi connectivity index (χ2n) is 5.62. The van der Waals surface area contributed by atoms with Gasteiger partial charge in [-0.1, -0.05) is 69.9 Å². The smallest absolute Gasteiger partial charge is 0.168 e. The number of carbonyl (C=O) groups excluding carboxylic acids is 1. The molecule has 1 aromatic carbocycles. The lowest BCUT2D eigenvalue weighted by molar-refractivity contribution is 0.00199. The molecule has 2 heteroatoms. The van der Waals surface area contributed by atoms with Crippen molar-refractivity contribution in [2.24, 2.45) is 5.92 Å². The zero-order chi connectivity index (χ0) is 14.3. The van der Waals surface area contributed by atoms with Crippen LogP contribution in [0.2, 0.25) is 0 Å². The van der Waals surface area contributed by atoms with E-state index in [-0.39, 0.29) is 11.7 Å². The molecule has 0 bridgehead atoms. The first-order chi connectivity index (χ1) is 8.99. The van der Waals surface area contributed by atoms with E-state index in [1.807, 2.05) is 37.3 Å². The molecule has 0 aliphatic rings. The molecule has 1 aromatic rings. The summed E-state index contributed by atoms with van der Waals surface area (Å²) in [5.41, 5.74) is -0.232. The first-order valence-corrected chi connectivity index (χ1v) is 7.30. The fourth-order valence-electron chi connectivity index (χ4n) is 2.26. The van der Waals surface area contributed by atoms with E-state index >= 15 is 0 Å². The maximum absolute atomic E-state index is 12.3. The van der Waals surface area contributed by atoms with E-state index in [2.05, 4.69) is 6.92 Å². The number of unbranched alkanes of at least 4 members (excludes halogenated alkanes) is 3. The minimum Gasteiger partial charge on any atom is -0.389 e. The van der Waals surface area contributed by atoms with Gasteiger partial charge in [0.1, 0.15) is 0 Å². The van der Waals surface area contributed by atoms with E-state index in [0.29, 0.717) is 12.0 Å². The van der Waals surface area contributed by atoms with Crippen LogP contribution < -0.4 is 0 Å². The van der Waals surface area contributed by atoms with Crippen LogP contribution in [0.5, 0.6) is 0 Å². The van der Waals surface area contributed by atoms with Crippen LogP contribution >= 0.6 is 0 Å². The molecule has 0 aliphatic heterocycles. The number of aliphatic hydroxyl groups is 1. The highest BCUT2D eigenvalue weighted by molar-refractivity contribution is 5.98. The molecule has 1 N–H and O–H groups in total. The van der Waals surface area contributed by atoms with Crippen LogP contribution in [0.3, 0.4) is 0 Å². The fourth-order valence-corrected chi connectivity index (χ4v) is 2.26. The Kier molecular flexibility index (Phi) is 6.23. The van der Waals surface area contributed by atoms with Crippen LogP contribution in [0.1, 0.15) is 63.2 Å². The zero-order valence-electron chi connectivity index (χ0n) is 12.4. The standard InChI is InChI=1S/C17H26O2/c1-4-5-6-10-13-17(3,19)14(2)16(18)15-11-8-7-9-12-15/h7-9,11-12,14,19H,4-6,10,13H2,1-3H3. The summed E-state index contributed by atoms with van der Waals surface area (Å²) in [4.78, 5) is 12.3. The number of ketones is 1. The molecule has 0 amide bonds. The number of Topliss-reactive ketones (excluding diaryl/α,β-unsaturated/α-hetero) is 1. The van der Waals surface area contributed by atoms with E-state index in [0.717, 1.165) is 12.8 Å². The van der Waals surface area contributed by atoms with Crippen LogP contribution in [-0.4, -0.2) is 16.5 Å². The van der Waals surface area contributed by atoms with Crippen molar-refractivity contribution in [3.05, 3.63) is 35.9 Å². The molecule has 0 aromatic heterocycles. The second-order valence-corrected chi connectivity index (χ2v) is 5.62. The van der Waals surface area contributed by atoms with Crippen molar-refractivity contribution < 1.29 is 9.90 Å². The number of rotatable bonds is 8. The number of hydrogen-bond acceptors (Lipinski definition) is 2. The van der Waals surface area contributed by atoms with Gasteiger partial charge in [-0.3, -0.25) is 4.79 Å². The molecular formula is C17H26O2. The molecule has 0 aliphatic carbocycles. The molecule has 0 fully saturated rings. The van der Waals surface area contributed by atoms with Gasteiger partial charge >= 0.3 is 0 Å². The Bertz CT molecular complexity index is 382. The van der Waals surface area contributed by atoms with Crippen LogP contribution in [0.4, 0.5) is 0 Å².